The number of sulfonamides is 1. The molecule has 0 aromatic heterocycles. The molecule has 0 spiro atoms. The normalized spacial score (nSPS) is 11.4. The molecular weight excluding hydrogens is 277 g/mol. The largest absolute Gasteiger partial charge is 0.494 e. The molecule has 1 aromatic carbocycles. The average Bonchev–Trinajstić information content (AvgIpc) is 2.06. The van der Waals surface area contributed by atoms with E-state index in [4.69, 9.17) is 9.88 Å². The summed E-state index contributed by atoms with van der Waals surface area (Å²) in [5.74, 6) is -1.07. The number of hydrogen-bond acceptors (Lipinski definition) is 3. The van der Waals surface area contributed by atoms with Crippen LogP contribution >= 0.6 is 15.9 Å². The van der Waals surface area contributed by atoms with Crippen molar-refractivity contribution in [2.45, 2.75) is 4.90 Å². The zero-order valence-corrected chi connectivity index (χ0v) is 9.52. The highest BCUT2D eigenvalue weighted by atomic mass is 79.9. The number of benzene rings is 1. The Morgan fingerprint density at radius 2 is 2.07 bits per heavy atom. The number of ether oxygens (including phenoxy) is 1. The Morgan fingerprint density at radius 1 is 1.50 bits per heavy atom. The first-order valence-corrected chi connectivity index (χ1v) is 5.76. The molecule has 0 aliphatic rings. The van der Waals surface area contributed by atoms with Crippen molar-refractivity contribution < 1.29 is 17.5 Å². The molecule has 0 fully saturated rings. The minimum absolute atomic E-state index is 0.132. The lowest BCUT2D eigenvalue weighted by Gasteiger charge is -2.08. The molecule has 4 nitrogen and oxygen atoms in total. The van der Waals surface area contributed by atoms with E-state index in [0.29, 0.717) is 4.47 Å². The number of hydrogen-bond donors (Lipinski definition) is 1. The van der Waals surface area contributed by atoms with Gasteiger partial charge < -0.3 is 4.74 Å². The van der Waals surface area contributed by atoms with Gasteiger partial charge in [-0.1, -0.05) is 0 Å². The lowest BCUT2D eigenvalue weighted by molar-refractivity contribution is 0.392. The van der Waals surface area contributed by atoms with Gasteiger partial charge in [0, 0.05) is 0 Å². The Labute approximate surface area is 89.0 Å². The number of primary sulfonamides is 1. The van der Waals surface area contributed by atoms with Crippen LogP contribution in [0.25, 0.3) is 0 Å². The van der Waals surface area contributed by atoms with Gasteiger partial charge >= 0.3 is 0 Å². The van der Waals surface area contributed by atoms with Gasteiger partial charge in [-0.15, -0.1) is 0 Å². The van der Waals surface area contributed by atoms with Gasteiger partial charge in [0.15, 0.2) is 10.6 Å². The number of methoxy groups -OCH3 is 1. The first kappa shape index (κ1) is 11.4. The smallest absolute Gasteiger partial charge is 0.244 e. The van der Waals surface area contributed by atoms with Gasteiger partial charge in [-0.2, -0.15) is 0 Å². The standard InChI is InChI=1S/C7H7BrFNO3S/c1-13-6-4(8)2-3-5(9)7(6)14(10,11)12/h2-3H,1H3,(H2,10,11,12). The van der Waals surface area contributed by atoms with Crippen LogP contribution in [0.2, 0.25) is 0 Å². The van der Waals surface area contributed by atoms with Gasteiger partial charge in [0.2, 0.25) is 10.0 Å². The van der Waals surface area contributed by atoms with Crippen LogP contribution in [0.5, 0.6) is 5.75 Å². The fourth-order valence-electron chi connectivity index (χ4n) is 0.970. The van der Waals surface area contributed by atoms with E-state index in [1.165, 1.54) is 13.2 Å². The van der Waals surface area contributed by atoms with Crippen molar-refractivity contribution in [2.24, 2.45) is 5.14 Å². The maximum Gasteiger partial charge on any atom is 0.244 e. The van der Waals surface area contributed by atoms with Crippen LogP contribution in [0.1, 0.15) is 0 Å². The van der Waals surface area contributed by atoms with Crippen molar-refractivity contribution in [1.82, 2.24) is 0 Å². The third kappa shape index (κ3) is 2.05. The number of nitrogens with two attached hydrogens (primary N) is 1. The molecule has 2 N–H and O–H groups in total. The predicted molar refractivity (Wildman–Crippen MR) is 52.0 cm³/mol. The van der Waals surface area contributed by atoms with Crippen molar-refractivity contribution in [3.63, 3.8) is 0 Å². The summed E-state index contributed by atoms with van der Waals surface area (Å²) in [5, 5.41) is 4.83. The molecule has 0 bridgehead atoms. The van der Waals surface area contributed by atoms with Crippen molar-refractivity contribution in [3.05, 3.63) is 22.4 Å². The minimum Gasteiger partial charge on any atom is -0.494 e. The lowest BCUT2D eigenvalue weighted by atomic mass is 10.3. The van der Waals surface area contributed by atoms with Gasteiger partial charge in [0.25, 0.3) is 0 Å². The van der Waals surface area contributed by atoms with E-state index < -0.39 is 20.7 Å². The molecule has 0 radical (unpaired) electrons. The van der Waals surface area contributed by atoms with Gasteiger partial charge in [-0.05, 0) is 28.1 Å². The molecule has 0 aliphatic heterocycles. The van der Waals surface area contributed by atoms with E-state index in [2.05, 4.69) is 15.9 Å². The molecule has 0 heterocycles. The highest BCUT2D eigenvalue weighted by Gasteiger charge is 2.22. The molecule has 0 unspecified atom stereocenters. The van der Waals surface area contributed by atoms with E-state index in [-0.39, 0.29) is 5.75 Å². The summed E-state index contributed by atoms with van der Waals surface area (Å²) in [7, 11) is -2.90. The Hall–Kier alpha value is -0.660. The molecule has 0 amide bonds. The maximum atomic E-state index is 13.2. The first-order valence-electron chi connectivity index (χ1n) is 3.42. The molecule has 78 valence electrons. The number of halogens is 2. The zero-order chi connectivity index (χ0) is 10.9. The third-order valence-corrected chi connectivity index (χ3v) is 3.08. The van der Waals surface area contributed by atoms with Crippen LogP contribution in [0.3, 0.4) is 0 Å². The van der Waals surface area contributed by atoms with Gasteiger partial charge in [-0.3, -0.25) is 0 Å². The van der Waals surface area contributed by atoms with E-state index in [1.807, 2.05) is 0 Å². The SMILES string of the molecule is COc1c(Br)ccc(F)c1S(N)(=O)=O. The Kier molecular flexibility index (Phi) is 3.13. The van der Waals surface area contributed by atoms with Crippen LogP contribution in [-0.4, -0.2) is 15.5 Å². The fraction of sp³-hybridized carbons (Fsp3) is 0.143. The van der Waals surface area contributed by atoms with Crippen molar-refractivity contribution >= 4 is 26.0 Å². The van der Waals surface area contributed by atoms with Crippen LogP contribution in [-0.2, 0) is 10.0 Å². The van der Waals surface area contributed by atoms with Crippen LogP contribution in [0, 0.1) is 5.82 Å². The minimum atomic E-state index is -4.13. The molecule has 0 atom stereocenters. The average molecular weight is 284 g/mol. The molecule has 0 saturated carbocycles. The summed E-state index contributed by atoms with van der Waals surface area (Å²) in [5.41, 5.74) is 0. The zero-order valence-electron chi connectivity index (χ0n) is 7.12. The lowest BCUT2D eigenvalue weighted by Crippen LogP contribution is -2.15. The van der Waals surface area contributed by atoms with Crippen molar-refractivity contribution in [2.75, 3.05) is 7.11 Å². The molecule has 1 rings (SSSR count). The maximum absolute atomic E-state index is 13.2. The Balaban J connectivity index is 3.63. The van der Waals surface area contributed by atoms with E-state index in [0.717, 1.165) is 6.07 Å². The number of rotatable bonds is 2. The van der Waals surface area contributed by atoms with Crippen molar-refractivity contribution in [1.29, 1.82) is 0 Å². The summed E-state index contributed by atoms with van der Waals surface area (Å²) in [6.07, 6.45) is 0. The molecular formula is C7H7BrFNO3S. The quantitative estimate of drug-likeness (QED) is 0.888. The summed E-state index contributed by atoms with van der Waals surface area (Å²) >= 11 is 3.02. The highest BCUT2D eigenvalue weighted by molar-refractivity contribution is 9.10. The Bertz CT molecular complexity index is 460. The van der Waals surface area contributed by atoms with Gasteiger partial charge in [0.1, 0.15) is 5.82 Å². The highest BCUT2D eigenvalue weighted by Crippen LogP contribution is 2.33. The van der Waals surface area contributed by atoms with Gasteiger partial charge in [0.05, 0.1) is 11.6 Å². The second kappa shape index (κ2) is 3.84. The molecule has 0 saturated heterocycles. The third-order valence-electron chi connectivity index (χ3n) is 1.50. The monoisotopic (exact) mass is 283 g/mol. The van der Waals surface area contributed by atoms with E-state index in [9.17, 15) is 12.8 Å². The van der Waals surface area contributed by atoms with Crippen LogP contribution in [0.4, 0.5) is 4.39 Å². The summed E-state index contributed by atoms with van der Waals surface area (Å²) in [6, 6.07) is 2.33. The first-order chi connectivity index (χ1) is 6.38. The second-order valence-corrected chi connectivity index (χ2v) is 4.79. The summed E-state index contributed by atoms with van der Waals surface area (Å²) in [6.45, 7) is 0. The van der Waals surface area contributed by atoms with Crippen LogP contribution in [0.15, 0.2) is 21.5 Å². The second-order valence-electron chi connectivity index (χ2n) is 2.44. The molecule has 7 heteroatoms. The summed E-state index contributed by atoms with van der Waals surface area (Å²) < 4.78 is 40.3. The fourth-order valence-corrected chi connectivity index (χ4v) is 2.38. The van der Waals surface area contributed by atoms with E-state index >= 15 is 0 Å². The molecule has 0 aliphatic carbocycles. The van der Waals surface area contributed by atoms with Gasteiger partial charge in [-0.25, -0.2) is 17.9 Å². The molecule has 14 heavy (non-hydrogen) atoms. The van der Waals surface area contributed by atoms with Crippen LogP contribution < -0.4 is 9.88 Å². The van der Waals surface area contributed by atoms with E-state index in [1.54, 1.807) is 0 Å². The Morgan fingerprint density at radius 3 is 2.43 bits per heavy atom. The topological polar surface area (TPSA) is 69.4 Å². The van der Waals surface area contributed by atoms with Crippen molar-refractivity contribution in [3.8, 4) is 5.75 Å². The summed E-state index contributed by atoms with van der Waals surface area (Å²) in [4.78, 5) is -0.644. The predicted octanol–water partition coefficient (Wildman–Crippen LogP) is 1.24. The molecule has 1 aromatic rings.